The fourth-order valence-corrected chi connectivity index (χ4v) is 3.34. The van der Waals surface area contributed by atoms with E-state index in [1.807, 2.05) is 24.4 Å². The molecule has 0 aromatic carbocycles. The highest BCUT2D eigenvalue weighted by Crippen LogP contribution is 2.26. The topological polar surface area (TPSA) is 67.1 Å². The highest BCUT2D eigenvalue weighted by Gasteiger charge is 2.26. The van der Waals surface area contributed by atoms with Gasteiger partial charge in [0.2, 0.25) is 5.95 Å². The Morgan fingerprint density at radius 1 is 1.21 bits per heavy atom. The lowest BCUT2D eigenvalue weighted by atomic mass is 10.2. The van der Waals surface area contributed by atoms with Gasteiger partial charge >= 0.3 is 0 Å². The quantitative estimate of drug-likeness (QED) is 0.713. The number of pyridine rings is 2. The van der Waals surface area contributed by atoms with Gasteiger partial charge in [-0.3, -0.25) is 0 Å². The fourth-order valence-electron chi connectivity index (χ4n) is 3.03. The molecule has 1 aliphatic rings. The molecule has 3 aromatic rings. The van der Waals surface area contributed by atoms with Crippen LogP contribution in [0.2, 0.25) is 0 Å². The molecule has 4 rings (SSSR count). The summed E-state index contributed by atoms with van der Waals surface area (Å²) in [7, 11) is 0. The van der Waals surface area contributed by atoms with E-state index in [4.69, 9.17) is 0 Å². The number of rotatable bonds is 4. The predicted octanol–water partition coefficient (Wildman–Crippen LogP) is 3.47. The molecule has 2 atom stereocenters. The minimum absolute atomic E-state index is 0.183. The van der Waals surface area contributed by atoms with E-state index in [1.165, 1.54) is 6.07 Å². The molecule has 3 aromatic heterocycles. The minimum Gasteiger partial charge on any atom is -0.365 e. The van der Waals surface area contributed by atoms with Gasteiger partial charge in [0.15, 0.2) is 17.3 Å². The summed E-state index contributed by atoms with van der Waals surface area (Å²) >= 11 is 3.21. The number of nitrogens with zero attached hydrogens (tertiary/aromatic N) is 4. The first-order valence-corrected chi connectivity index (χ1v) is 8.62. The standard InChI is InChI=1S/C16H16BrFN6/c17-10-7-13(18)15(19-9-10)20-11-4-5-12(8-11)21-16-22-14-3-1-2-6-24(14)23-16/h1-3,6-7,9,11-12H,4-5,8H2,(H,19,20)(H,21,23)/t11-,12-/m0/s1. The van der Waals surface area contributed by atoms with Crippen LogP contribution >= 0.6 is 15.9 Å². The Hall–Kier alpha value is -2.22. The van der Waals surface area contributed by atoms with Gasteiger partial charge in [0, 0.05) is 29.0 Å². The van der Waals surface area contributed by atoms with Crippen molar-refractivity contribution in [1.29, 1.82) is 0 Å². The first kappa shape index (κ1) is 15.3. The third-order valence-corrected chi connectivity index (χ3v) is 4.59. The van der Waals surface area contributed by atoms with E-state index < -0.39 is 0 Å². The molecule has 8 heteroatoms. The van der Waals surface area contributed by atoms with Crippen LogP contribution in [0.15, 0.2) is 41.1 Å². The van der Waals surface area contributed by atoms with E-state index in [1.54, 1.807) is 10.7 Å². The van der Waals surface area contributed by atoms with E-state index in [2.05, 4.69) is 41.6 Å². The molecule has 0 spiro atoms. The molecular formula is C16H16BrFN6. The highest BCUT2D eigenvalue weighted by molar-refractivity contribution is 9.10. The zero-order valence-electron chi connectivity index (χ0n) is 12.8. The molecule has 0 unspecified atom stereocenters. The van der Waals surface area contributed by atoms with Crippen molar-refractivity contribution in [2.24, 2.45) is 0 Å². The van der Waals surface area contributed by atoms with Crippen LogP contribution < -0.4 is 10.6 Å². The zero-order valence-corrected chi connectivity index (χ0v) is 14.4. The maximum Gasteiger partial charge on any atom is 0.243 e. The lowest BCUT2D eigenvalue weighted by Gasteiger charge is -2.15. The Bertz CT molecular complexity index is 834. The van der Waals surface area contributed by atoms with Crippen molar-refractivity contribution in [3.05, 3.63) is 46.9 Å². The minimum atomic E-state index is -0.345. The molecule has 24 heavy (non-hydrogen) atoms. The maximum absolute atomic E-state index is 13.9. The normalized spacial score (nSPS) is 20.4. The predicted molar refractivity (Wildman–Crippen MR) is 93.6 cm³/mol. The Labute approximate surface area is 146 Å². The second kappa shape index (κ2) is 6.35. The first-order chi connectivity index (χ1) is 11.7. The van der Waals surface area contributed by atoms with Gasteiger partial charge in [-0.15, -0.1) is 5.10 Å². The van der Waals surface area contributed by atoms with Crippen LogP contribution in [0.25, 0.3) is 5.65 Å². The van der Waals surface area contributed by atoms with E-state index in [0.29, 0.717) is 16.2 Å². The number of halogens is 2. The van der Waals surface area contributed by atoms with Gasteiger partial charge in [0.1, 0.15) is 0 Å². The fraction of sp³-hybridized carbons (Fsp3) is 0.312. The summed E-state index contributed by atoms with van der Waals surface area (Å²) in [6.45, 7) is 0. The average molecular weight is 391 g/mol. The molecule has 0 amide bonds. The third-order valence-electron chi connectivity index (χ3n) is 4.16. The van der Waals surface area contributed by atoms with Crippen LogP contribution in [0.1, 0.15) is 19.3 Å². The van der Waals surface area contributed by atoms with Gasteiger partial charge < -0.3 is 10.6 Å². The summed E-state index contributed by atoms with van der Waals surface area (Å²) in [5, 5.41) is 11.0. The molecule has 6 nitrogen and oxygen atoms in total. The number of fused-ring (bicyclic) bond motifs is 1. The van der Waals surface area contributed by atoms with E-state index >= 15 is 0 Å². The Balaban J connectivity index is 1.39. The highest BCUT2D eigenvalue weighted by atomic mass is 79.9. The van der Waals surface area contributed by atoms with Gasteiger partial charge in [-0.1, -0.05) is 6.07 Å². The lowest BCUT2D eigenvalue weighted by Crippen LogP contribution is -2.22. The Morgan fingerprint density at radius 3 is 2.83 bits per heavy atom. The van der Waals surface area contributed by atoms with Crippen molar-refractivity contribution < 1.29 is 4.39 Å². The van der Waals surface area contributed by atoms with Gasteiger partial charge in [0.05, 0.1) is 0 Å². The average Bonchev–Trinajstić information content (AvgIpc) is 3.16. The molecule has 0 saturated heterocycles. The molecule has 1 aliphatic carbocycles. The number of aromatic nitrogens is 4. The lowest BCUT2D eigenvalue weighted by molar-refractivity contribution is 0.615. The van der Waals surface area contributed by atoms with Crippen molar-refractivity contribution in [2.45, 2.75) is 31.3 Å². The summed E-state index contributed by atoms with van der Waals surface area (Å²) in [6.07, 6.45) is 6.26. The number of hydrogen-bond donors (Lipinski definition) is 2. The Kier molecular flexibility index (Phi) is 4.05. The van der Waals surface area contributed by atoms with Gasteiger partial charge in [-0.05, 0) is 53.4 Å². The smallest absolute Gasteiger partial charge is 0.243 e. The van der Waals surface area contributed by atoms with Crippen LogP contribution in [-0.4, -0.2) is 31.7 Å². The van der Waals surface area contributed by atoms with Crippen molar-refractivity contribution in [3.8, 4) is 0 Å². The molecule has 0 aliphatic heterocycles. The number of hydrogen-bond acceptors (Lipinski definition) is 5. The molecule has 0 bridgehead atoms. The third kappa shape index (κ3) is 3.19. The van der Waals surface area contributed by atoms with Crippen molar-refractivity contribution in [2.75, 3.05) is 10.6 Å². The van der Waals surface area contributed by atoms with Crippen molar-refractivity contribution in [1.82, 2.24) is 19.6 Å². The summed E-state index contributed by atoms with van der Waals surface area (Å²) in [4.78, 5) is 8.55. The molecule has 124 valence electrons. The summed E-state index contributed by atoms with van der Waals surface area (Å²) < 4.78 is 16.3. The Morgan fingerprint density at radius 2 is 2.04 bits per heavy atom. The van der Waals surface area contributed by atoms with Crippen LogP contribution in [0.4, 0.5) is 16.2 Å². The number of anilines is 2. The van der Waals surface area contributed by atoms with Gasteiger partial charge in [-0.25, -0.2) is 13.9 Å². The second-order valence-corrected chi connectivity index (χ2v) is 6.83. The molecule has 1 saturated carbocycles. The number of nitrogens with one attached hydrogen (secondary N) is 2. The molecular weight excluding hydrogens is 375 g/mol. The van der Waals surface area contributed by atoms with Gasteiger partial charge in [0.25, 0.3) is 0 Å². The van der Waals surface area contributed by atoms with Crippen LogP contribution in [-0.2, 0) is 0 Å². The SMILES string of the molecule is Fc1cc(Br)cnc1N[C@H]1CC[C@H](Nc2nc3ccccn3n2)C1. The second-order valence-electron chi connectivity index (χ2n) is 5.92. The monoisotopic (exact) mass is 390 g/mol. The molecule has 1 fully saturated rings. The zero-order chi connectivity index (χ0) is 16.5. The van der Waals surface area contributed by atoms with Crippen LogP contribution in [0.3, 0.4) is 0 Å². The first-order valence-electron chi connectivity index (χ1n) is 7.83. The summed E-state index contributed by atoms with van der Waals surface area (Å²) in [5.41, 5.74) is 0.814. The summed E-state index contributed by atoms with van der Waals surface area (Å²) in [5.74, 6) is 0.581. The van der Waals surface area contributed by atoms with Crippen molar-refractivity contribution in [3.63, 3.8) is 0 Å². The van der Waals surface area contributed by atoms with E-state index in [9.17, 15) is 4.39 Å². The van der Waals surface area contributed by atoms with Gasteiger partial charge in [-0.2, -0.15) is 4.98 Å². The van der Waals surface area contributed by atoms with E-state index in [0.717, 1.165) is 24.9 Å². The largest absolute Gasteiger partial charge is 0.365 e. The molecule has 2 N–H and O–H groups in total. The maximum atomic E-state index is 13.9. The molecule has 0 radical (unpaired) electrons. The summed E-state index contributed by atoms with van der Waals surface area (Å²) in [6, 6.07) is 7.63. The van der Waals surface area contributed by atoms with Crippen LogP contribution in [0, 0.1) is 5.82 Å². The van der Waals surface area contributed by atoms with E-state index in [-0.39, 0.29) is 17.9 Å². The molecule has 3 heterocycles. The van der Waals surface area contributed by atoms with Crippen LogP contribution in [0.5, 0.6) is 0 Å². The van der Waals surface area contributed by atoms with Crippen molar-refractivity contribution >= 4 is 33.3 Å².